The number of likely N-dealkylation sites (tertiary alicyclic amines) is 1. The Morgan fingerprint density at radius 3 is 2.51 bits per heavy atom. The standard InChI is InChI=1S/C59H78N10O8S/c1-35-49(46-32-76-37(3)61-46)50(35)55(70)63-52-54(67-17-7-8-18-67)56-62-47(33-78-56)38-11-14-48-42(28-38)44(30-59(4,5)34-77-58(72)45-10-9-19-69(64-45)57(52)71)53(68(48)24-27-75-41-15-25-74-26-16-41)43-29-40(31-60-51(43)36(2)73-6)66-22-20-65(21-23-66)39-12-13-39/h11,14,28-29,31-33,35-36,39,41,45,49-50,52,54,64H,7-10,12-13,15-27,30,34H2,1-6H3,(H,63,70)/t35-,36+,45+,49-,50+,52+,54+/m1/s1. The average molecular weight is 1090 g/mol. The first kappa shape index (κ1) is 53.4. The molecule has 5 aliphatic heterocycles. The van der Waals surface area contributed by atoms with E-state index in [0.29, 0.717) is 58.1 Å². The molecule has 2 aliphatic carbocycles. The molecule has 4 aromatic heterocycles. The number of oxazole rings is 1. The fourth-order valence-electron chi connectivity index (χ4n) is 13.1. The molecule has 19 heteroatoms. The van der Waals surface area contributed by atoms with Gasteiger partial charge in [-0.15, -0.1) is 11.3 Å². The topological polar surface area (TPSA) is 182 Å². The minimum absolute atomic E-state index is 0.00895. The number of benzene rings is 1. The van der Waals surface area contributed by atoms with Gasteiger partial charge in [0.15, 0.2) is 5.89 Å². The lowest BCUT2D eigenvalue weighted by Crippen LogP contribution is -2.62. The van der Waals surface area contributed by atoms with E-state index in [2.05, 4.69) is 85.4 Å². The summed E-state index contributed by atoms with van der Waals surface area (Å²) in [6.07, 6.45) is 11.4. The monoisotopic (exact) mass is 1090 g/mol. The maximum absolute atomic E-state index is 15.3. The van der Waals surface area contributed by atoms with Crippen molar-refractivity contribution in [3.05, 3.63) is 70.0 Å². The van der Waals surface area contributed by atoms with E-state index in [1.165, 1.54) is 24.2 Å². The molecule has 9 heterocycles. The van der Waals surface area contributed by atoms with E-state index in [1.54, 1.807) is 25.3 Å². The molecule has 0 unspecified atom stereocenters. The molecule has 2 N–H and O–H groups in total. The summed E-state index contributed by atoms with van der Waals surface area (Å²) < 4.78 is 32.9. The van der Waals surface area contributed by atoms with Crippen LogP contribution in [0.5, 0.6) is 0 Å². The zero-order valence-corrected chi connectivity index (χ0v) is 47.2. The molecule has 2 amide bonds. The van der Waals surface area contributed by atoms with Crippen LogP contribution in [-0.4, -0.2) is 156 Å². The van der Waals surface area contributed by atoms with Gasteiger partial charge in [-0.25, -0.2) is 15.4 Å². The summed E-state index contributed by atoms with van der Waals surface area (Å²) in [5.41, 5.74) is 11.4. The normalized spacial score (nSPS) is 27.0. The molecule has 418 valence electrons. The fraction of sp³-hybridized carbons (Fsp3) is 0.627. The van der Waals surface area contributed by atoms with Crippen LogP contribution in [0.4, 0.5) is 5.69 Å². The third-order valence-electron chi connectivity index (χ3n) is 17.8. The minimum Gasteiger partial charge on any atom is -0.464 e. The lowest BCUT2D eigenvalue weighted by Gasteiger charge is -2.39. The van der Waals surface area contributed by atoms with Gasteiger partial charge in [-0.05, 0) is 107 Å². The zero-order chi connectivity index (χ0) is 53.8. The number of hydrazine groups is 1. The zero-order valence-electron chi connectivity index (χ0n) is 46.3. The van der Waals surface area contributed by atoms with Crippen LogP contribution < -0.4 is 15.6 Å². The van der Waals surface area contributed by atoms with Crippen molar-refractivity contribution in [1.29, 1.82) is 0 Å². The number of aromatic nitrogens is 4. The maximum Gasteiger partial charge on any atom is 0.324 e. The number of esters is 1. The summed E-state index contributed by atoms with van der Waals surface area (Å²) in [4.78, 5) is 67.2. The highest BCUT2D eigenvalue weighted by molar-refractivity contribution is 7.10. The first-order valence-electron chi connectivity index (χ1n) is 28.9. The molecule has 12 rings (SSSR count). The highest BCUT2D eigenvalue weighted by Gasteiger charge is 2.55. The molecule has 0 radical (unpaired) electrons. The van der Waals surface area contributed by atoms with Gasteiger partial charge < -0.3 is 38.1 Å². The van der Waals surface area contributed by atoms with Crippen molar-refractivity contribution in [3.8, 4) is 22.5 Å². The van der Waals surface area contributed by atoms with E-state index in [0.717, 1.165) is 132 Å². The van der Waals surface area contributed by atoms with Crippen molar-refractivity contribution >= 4 is 45.7 Å². The van der Waals surface area contributed by atoms with Crippen LogP contribution in [0, 0.1) is 24.2 Å². The molecule has 5 aromatic rings. The molecule has 7 atom stereocenters. The number of nitrogens with one attached hydrogen (secondary N) is 2. The Bertz CT molecular complexity index is 2990. The Morgan fingerprint density at radius 1 is 0.974 bits per heavy atom. The highest BCUT2D eigenvalue weighted by Crippen LogP contribution is 2.54. The van der Waals surface area contributed by atoms with Crippen molar-refractivity contribution < 1.29 is 37.7 Å². The van der Waals surface area contributed by atoms with Crippen molar-refractivity contribution in [2.45, 2.75) is 141 Å². The van der Waals surface area contributed by atoms with Gasteiger partial charge in [-0.2, -0.15) is 0 Å². The minimum atomic E-state index is -1.01. The van der Waals surface area contributed by atoms with Crippen molar-refractivity contribution in [1.82, 2.24) is 45.1 Å². The summed E-state index contributed by atoms with van der Waals surface area (Å²) in [6.45, 7) is 18.7. The van der Waals surface area contributed by atoms with Gasteiger partial charge in [-0.3, -0.25) is 34.2 Å². The molecule has 7 aliphatic rings. The van der Waals surface area contributed by atoms with Gasteiger partial charge in [0.25, 0.3) is 5.91 Å². The predicted molar refractivity (Wildman–Crippen MR) is 297 cm³/mol. The van der Waals surface area contributed by atoms with Crippen molar-refractivity contribution in [2.24, 2.45) is 17.3 Å². The molecule has 2 saturated carbocycles. The number of piperazine rings is 1. The van der Waals surface area contributed by atoms with Crippen LogP contribution in [0.25, 0.3) is 33.4 Å². The second-order valence-electron chi connectivity index (χ2n) is 23.9. The summed E-state index contributed by atoms with van der Waals surface area (Å²) in [5.74, 6) is -0.874. The van der Waals surface area contributed by atoms with E-state index in [9.17, 15) is 9.59 Å². The second kappa shape index (κ2) is 22.3. The van der Waals surface area contributed by atoms with Crippen LogP contribution in [0.1, 0.15) is 125 Å². The van der Waals surface area contributed by atoms with Crippen LogP contribution >= 0.6 is 11.3 Å². The Kier molecular flexibility index (Phi) is 15.3. The van der Waals surface area contributed by atoms with Gasteiger partial charge in [0.2, 0.25) is 5.91 Å². The van der Waals surface area contributed by atoms with Gasteiger partial charge in [0.1, 0.15) is 23.4 Å². The number of thiazole rings is 1. The average Bonchev–Trinajstić information content (AvgIpc) is 4.24. The number of hydrogen-bond acceptors (Lipinski definition) is 16. The second-order valence-corrected chi connectivity index (χ2v) is 24.8. The summed E-state index contributed by atoms with van der Waals surface area (Å²) >= 11 is 1.52. The number of anilines is 1. The van der Waals surface area contributed by atoms with E-state index >= 15 is 4.79 Å². The summed E-state index contributed by atoms with van der Waals surface area (Å²) in [7, 11) is 1.75. The number of carbonyl (C=O) groups excluding carboxylic acids is 3. The quantitative estimate of drug-likeness (QED) is 0.110. The van der Waals surface area contributed by atoms with Crippen LogP contribution in [0.3, 0.4) is 0 Å². The summed E-state index contributed by atoms with van der Waals surface area (Å²) in [6, 6.07) is 7.38. The number of hydrogen-bond donors (Lipinski definition) is 2. The highest BCUT2D eigenvalue weighted by atomic mass is 32.1. The van der Waals surface area contributed by atoms with E-state index in [-0.39, 0.29) is 48.4 Å². The first-order valence-corrected chi connectivity index (χ1v) is 29.7. The molecule has 0 spiro atoms. The lowest BCUT2D eigenvalue weighted by atomic mass is 9.84. The Hall–Kier alpha value is -5.28. The van der Waals surface area contributed by atoms with Gasteiger partial charge >= 0.3 is 5.97 Å². The lowest BCUT2D eigenvalue weighted by molar-refractivity contribution is -0.156. The van der Waals surface area contributed by atoms with Gasteiger partial charge in [0, 0.05) is 117 Å². The molecule has 18 nitrogen and oxygen atoms in total. The number of carbonyl (C=O) groups is 3. The number of nitrogens with zero attached hydrogens (tertiary/aromatic N) is 8. The smallest absolute Gasteiger partial charge is 0.324 e. The van der Waals surface area contributed by atoms with E-state index in [1.807, 2.05) is 13.1 Å². The molecule has 6 bridgehead atoms. The van der Waals surface area contributed by atoms with E-state index in [4.69, 9.17) is 33.3 Å². The molecule has 78 heavy (non-hydrogen) atoms. The Morgan fingerprint density at radius 2 is 1.77 bits per heavy atom. The molecular formula is C59H78N10O8S. The van der Waals surface area contributed by atoms with Crippen LogP contribution in [-0.2, 0) is 46.3 Å². The largest absolute Gasteiger partial charge is 0.464 e. The van der Waals surface area contributed by atoms with E-state index < -0.39 is 29.5 Å². The van der Waals surface area contributed by atoms with Gasteiger partial charge in [-0.1, -0.05) is 26.8 Å². The number of ether oxygens (including phenoxy) is 4. The maximum atomic E-state index is 15.3. The molecular weight excluding hydrogens is 1010 g/mol. The van der Waals surface area contributed by atoms with Crippen LogP contribution in [0.2, 0.25) is 0 Å². The Labute approximate surface area is 461 Å². The summed E-state index contributed by atoms with van der Waals surface area (Å²) in [5, 5.41) is 8.78. The number of rotatable bonds is 13. The number of fused-ring (bicyclic) bond motifs is 6. The predicted octanol–water partition coefficient (Wildman–Crippen LogP) is 7.60. The molecule has 6 fully saturated rings. The van der Waals surface area contributed by atoms with Crippen molar-refractivity contribution in [3.63, 3.8) is 0 Å². The number of aryl methyl sites for hydroxylation is 1. The molecule has 4 saturated heterocycles. The molecule has 1 aromatic carbocycles. The number of amides is 2. The number of methoxy groups -OCH3 is 1. The first-order chi connectivity index (χ1) is 37.8. The third-order valence-corrected chi connectivity index (χ3v) is 18.7. The van der Waals surface area contributed by atoms with Gasteiger partial charge in [0.05, 0.1) is 66.1 Å². The Balaban J connectivity index is 0.987. The number of pyridine rings is 1. The van der Waals surface area contributed by atoms with Crippen molar-refractivity contribution in [2.75, 3.05) is 84.3 Å². The number of cyclic esters (lactones) is 1. The third kappa shape index (κ3) is 10.9. The van der Waals surface area contributed by atoms with Crippen LogP contribution in [0.15, 0.2) is 46.5 Å². The fourth-order valence-corrected chi connectivity index (χ4v) is 14.1. The SMILES string of the molecule is CO[C@@H](C)c1ncc(N2CCN(C3CC3)CC2)cc1-c1c2c3cc(ccc3n1CCOC1CCOCC1)-c1csc(n1)[C@@H](N1CCCC1)[C@H](NC(=O)[C@H]1[C@H](C)[C@@H]1c1coc(C)n1)C(=O)N1CCC[C@H](N1)C(=O)OCC(C)(C)C2.